The fraction of sp³-hybridized carbons (Fsp3) is 0.222. The van der Waals surface area contributed by atoms with E-state index in [4.69, 9.17) is 5.73 Å². The second-order valence-corrected chi connectivity index (χ2v) is 6.07. The van der Waals surface area contributed by atoms with Gasteiger partial charge in [-0.3, -0.25) is 10.1 Å². The maximum Gasteiger partial charge on any atom is 0.270 e. The number of nitrogens with one attached hydrogen (secondary N) is 1. The van der Waals surface area contributed by atoms with Crippen molar-refractivity contribution in [1.29, 1.82) is 0 Å². The molecule has 5 nitrogen and oxygen atoms in total. The summed E-state index contributed by atoms with van der Waals surface area (Å²) in [6.07, 6.45) is 0. The number of fused-ring (bicyclic) bond motifs is 1. The number of aromatic nitrogens is 1. The van der Waals surface area contributed by atoms with E-state index in [0.717, 1.165) is 27.7 Å². The van der Waals surface area contributed by atoms with Crippen LogP contribution in [0.25, 0.3) is 22.2 Å². The number of nitro groups is 1. The van der Waals surface area contributed by atoms with Crippen LogP contribution in [0.1, 0.15) is 29.7 Å². The molecule has 1 atom stereocenters. The van der Waals surface area contributed by atoms with E-state index in [9.17, 15) is 10.1 Å². The van der Waals surface area contributed by atoms with Crippen LogP contribution in [0.15, 0.2) is 36.4 Å². The first-order chi connectivity index (χ1) is 10.9. The Morgan fingerprint density at radius 3 is 2.35 bits per heavy atom. The largest absolute Gasteiger partial charge is 0.354 e. The lowest BCUT2D eigenvalue weighted by Crippen LogP contribution is -2.06. The van der Waals surface area contributed by atoms with Crippen molar-refractivity contribution in [3.8, 4) is 11.3 Å². The monoisotopic (exact) mass is 309 g/mol. The second-order valence-electron chi connectivity index (χ2n) is 6.07. The lowest BCUT2D eigenvalue weighted by molar-refractivity contribution is -0.384. The number of rotatable bonds is 3. The van der Waals surface area contributed by atoms with Gasteiger partial charge in [0.15, 0.2) is 0 Å². The summed E-state index contributed by atoms with van der Waals surface area (Å²) >= 11 is 0. The van der Waals surface area contributed by atoms with E-state index < -0.39 is 0 Å². The summed E-state index contributed by atoms with van der Waals surface area (Å²) in [7, 11) is 0. The van der Waals surface area contributed by atoms with E-state index in [1.165, 1.54) is 17.2 Å². The van der Waals surface area contributed by atoms with E-state index >= 15 is 0 Å². The zero-order valence-electron chi connectivity index (χ0n) is 13.4. The molecule has 0 saturated carbocycles. The van der Waals surface area contributed by atoms with Crippen LogP contribution in [0.5, 0.6) is 0 Å². The van der Waals surface area contributed by atoms with Crippen molar-refractivity contribution in [2.45, 2.75) is 26.8 Å². The number of benzene rings is 2. The first kappa shape index (κ1) is 15.2. The standard InChI is InChI=1S/C18H19N3O2/c1-10-6-11(2)8-13(7-10)18-17(12(3)19)15-9-14(21(22)23)4-5-16(15)20-18/h4-9,12,20H,19H2,1-3H3. The van der Waals surface area contributed by atoms with Crippen LogP contribution in [0.4, 0.5) is 5.69 Å². The zero-order valence-corrected chi connectivity index (χ0v) is 13.4. The number of non-ortho nitro benzene ring substituents is 1. The first-order valence-corrected chi connectivity index (χ1v) is 7.51. The summed E-state index contributed by atoms with van der Waals surface area (Å²) in [5.41, 5.74) is 12.3. The highest BCUT2D eigenvalue weighted by Crippen LogP contribution is 2.36. The fourth-order valence-electron chi connectivity index (χ4n) is 3.13. The van der Waals surface area contributed by atoms with Crippen molar-refractivity contribution < 1.29 is 4.92 Å². The summed E-state index contributed by atoms with van der Waals surface area (Å²) < 4.78 is 0. The van der Waals surface area contributed by atoms with Gasteiger partial charge in [-0.2, -0.15) is 0 Å². The quantitative estimate of drug-likeness (QED) is 0.556. The van der Waals surface area contributed by atoms with Gasteiger partial charge < -0.3 is 10.7 Å². The minimum Gasteiger partial charge on any atom is -0.354 e. The molecule has 0 fully saturated rings. The average Bonchev–Trinajstić information content (AvgIpc) is 2.84. The minimum atomic E-state index is -0.381. The van der Waals surface area contributed by atoms with Crippen molar-refractivity contribution in [3.63, 3.8) is 0 Å². The van der Waals surface area contributed by atoms with Gasteiger partial charge in [0.1, 0.15) is 0 Å². The van der Waals surface area contributed by atoms with Crippen molar-refractivity contribution in [2.75, 3.05) is 0 Å². The third-order valence-electron chi connectivity index (χ3n) is 4.00. The van der Waals surface area contributed by atoms with Gasteiger partial charge in [0.2, 0.25) is 0 Å². The lowest BCUT2D eigenvalue weighted by atomic mass is 9.98. The predicted octanol–water partition coefficient (Wildman–Crippen LogP) is 4.38. The highest BCUT2D eigenvalue weighted by atomic mass is 16.6. The Bertz CT molecular complexity index is 890. The van der Waals surface area contributed by atoms with Crippen molar-refractivity contribution in [3.05, 3.63) is 63.2 Å². The van der Waals surface area contributed by atoms with Gasteiger partial charge >= 0.3 is 0 Å². The molecule has 23 heavy (non-hydrogen) atoms. The van der Waals surface area contributed by atoms with Gasteiger partial charge in [-0.1, -0.05) is 17.2 Å². The second kappa shape index (κ2) is 5.52. The Morgan fingerprint density at radius 1 is 1.13 bits per heavy atom. The normalized spacial score (nSPS) is 12.5. The summed E-state index contributed by atoms with van der Waals surface area (Å²) in [6.45, 7) is 6.00. The lowest BCUT2D eigenvalue weighted by Gasteiger charge is -2.10. The molecular weight excluding hydrogens is 290 g/mol. The van der Waals surface area contributed by atoms with E-state index in [2.05, 4.69) is 37.0 Å². The molecule has 3 rings (SSSR count). The van der Waals surface area contributed by atoms with Crippen LogP contribution in [0, 0.1) is 24.0 Å². The van der Waals surface area contributed by atoms with Crippen LogP contribution in [0.2, 0.25) is 0 Å². The molecule has 1 aromatic heterocycles. The number of nitrogens with zero attached hydrogens (tertiary/aromatic N) is 1. The van der Waals surface area contributed by atoms with Gasteiger partial charge in [-0.15, -0.1) is 0 Å². The van der Waals surface area contributed by atoms with Crippen molar-refractivity contribution >= 4 is 16.6 Å². The van der Waals surface area contributed by atoms with Gasteiger partial charge in [-0.25, -0.2) is 0 Å². The maximum absolute atomic E-state index is 11.1. The third kappa shape index (κ3) is 2.71. The smallest absolute Gasteiger partial charge is 0.270 e. The number of aryl methyl sites for hydroxylation is 2. The van der Waals surface area contributed by atoms with E-state index in [1.54, 1.807) is 12.1 Å². The Hall–Kier alpha value is -2.66. The topological polar surface area (TPSA) is 84.9 Å². The molecular formula is C18H19N3O2. The summed E-state index contributed by atoms with van der Waals surface area (Å²) in [5.74, 6) is 0. The maximum atomic E-state index is 11.1. The minimum absolute atomic E-state index is 0.0744. The molecule has 0 radical (unpaired) electrons. The van der Waals surface area contributed by atoms with Crippen LogP contribution in [-0.4, -0.2) is 9.91 Å². The molecule has 3 N–H and O–H groups in total. The zero-order chi connectivity index (χ0) is 16.7. The molecule has 5 heteroatoms. The summed E-state index contributed by atoms with van der Waals surface area (Å²) in [5, 5.41) is 11.9. The molecule has 0 aliphatic carbocycles. The average molecular weight is 309 g/mol. The van der Waals surface area contributed by atoms with E-state index in [1.807, 2.05) is 6.92 Å². The molecule has 0 spiro atoms. The highest BCUT2D eigenvalue weighted by Gasteiger charge is 2.19. The summed E-state index contributed by atoms with van der Waals surface area (Å²) in [6, 6.07) is 10.9. The Labute approximate surface area is 134 Å². The molecule has 1 heterocycles. The van der Waals surface area contributed by atoms with Crippen molar-refractivity contribution in [1.82, 2.24) is 4.98 Å². The third-order valence-corrected chi connectivity index (χ3v) is 4.00. The molecule has 0 aliphatic heterocycles. The molecule has 0 amide bonds. The van der Waals surface area contributed by atoms with Crippen LogP contribution in [0.3, 0.4) is 0 Å². The van der Waals surface area contributed by atoms with Crippen LogP contribution in [-0.2, 0) is 0 Å². The number of nitrogens with two attached hydrogens (primary N) is 1. The van der Waals surface area contributed by atoms with Crippen LogP contribution < -0.4 is 5.73 Å². The van der Waals surface area contributed by atoms with Gasteiger partial charge in [0.25, 0.3) is 5.69 Å². The molecule has 0 aliphatic rings. The Balaban J connectivity index is 2.32. The molecule has 3 aromatic rings. The van der Waals surface area contributed by atoms with Gasteiger partial charge in [-0.05, 0) is 44.5 Å². The highest BCUT2D eigenvalue weighted by molar-refractivity contribution is 5.92. The predicted molar refractivity (Wildman–Crippen MR) is 92.5 cm³/mol. The molecule has 0 bridgehead atoms. The van der Waals surface area contributed by atoms with Gasteiger partial charge in [0, 0.05) is 34.6 Å². The fourth-order valence-corrected chi connectivity index (χ4v) is 3.13. The Morgan fingerprint density at radius 2 is 1.78 bits per heavy atom. The Kier molecular flexibility index (Phi) is 3.66. The first-order valence-electron chi connectivity index (χ1n) is 7.51. The number of hydrogen-bond donors (Lipinski definition) is 2. The number of nitro benzene ring substituents is 1. The number of H-pyrrole nitrogens is 1. The molecule has 118 valence electrons. The summed E-state index contributed by atoms with van der Waals surface area (Å²) in [4.78, 5) is 14.1. The number of aromatic amines is 1. The molecule has 0 saturated heterocycles. The number of hydrogen-bond acceptors (Lipinski definition) is 3. The van der Waals surface area contributed by atoms with E-state index in [-0.39, 0.29) is 16.7 Å². The van der Waals surface area contributed by atoms with E-state index in [0.29, 0.717) is 0 Å². The van der Waals surface area contributed by atoms with Crippen LogP contribution >= 0.6 is 0 Å². The van der Waals surface area contributed by atoms with Crippen molar-refractivity contribution in [2.24, 2.45) is 5.73 Å². The molecule has 2 aromatic carbocycles. The SMILES string of the molecule is Cc1cc(C)cc(-c2[nH]c3ccc([N+](=O)[O-])cc3c2C(C)N)c1. The van der Waals surface area contributed by atoms with Gasteiger partial charge in [0.05, 0.1) is 10.6 Å². The molecule has 1 unspecified atom stereocenters.